The van der Waals surface area contributed by atoms with Gasteiger partial charge in [0.1, 0.15) is 18.8 Å². The van der Waals surface area contributed by atoms with E-state index in [2.05, 4.69) is 42.5 Å². The number of ether oxygens (including phenoxy) is 1. The summed E-state index contributed by atoms with van der Waals surface area (Å²) in [4.78, 5) is 22.1. The van der Waals surface area contributed by atoms with Crippen LogP contribution >= 0.6 is 43.5 Å². The molecule has 0 aromatic heterocycles. The molecule has 9 heteroatoms. The second kappa shape index (κ2) is 9.25. The zero-order chi connectivity index (χ0) is 19.3. The number of nitrogens with one attached hydrogen (secondary N) is 2. The topological polar surface area (TPSA) is 87.7 Å². The van der Waals surface area contributed by atoms with Crippen molar-refractivity contribution in [3.8, 4) is 5.75 Å². The number of amides is 1. The Balaban J connectivity index is 2.12. The van der Waals surface area contributed by atoms with Crippen LogP contribution in [0.4, 0.5) is 11.4 Å². The van der Waals surface area contributed by atoms with E-state index in [4.69, 9.17) is 21.4 Å². The van der Waals surface area contributed by atoms with Crippen molar-refractivity contribution in [2.45, 2.75) is 13.0 Å². The number of carbonyl (C=O) groups excluding carboxylic acids is 1. The van der Waals surface area contributed by atoms with Gasteiger partial charge in [-0.25, -0.2) is 0 Å². The summed E-state index contributed by atoms with van der Waals surface area (Å²) in [6, 6.07) is 8.82. The van der Waals surface area contributed by atoms with Gasteiger partial charge in [-0.1, -0.05) is 11.6 Å². The molecular weight excluding hydrogens is 491 g/mol. The number of carbonyl (C=O) groups is 2. The first-order chi connectivity index (χ1) is 12.3. The van der Waals surface area contributed by atoms with E-state index in [1.807, 2.05) is 18.2 Å². The first kappa shape index (κ1) is 20.5. The molecule has 0 spiro atoms. The molecular formula is C17H15Br2ClN2O4. The van der Waals surface area contributed by atoms with Gasteiger partial charge in [0.25, 0.3) is 0 Å². The minimum absolute atomic E-state index is 0.289. The Kier molecular flexibility index (Phi) is 7.31. The summed E-state index contributed by atoms with van der Waals surface area (Å²) >= 11 is 12.9. The van der Waals surface area contributed by atoms with Gasteiger partial charge in [-0.2, -0.15) is 0 Å². The first-order valence-electron chi connectivity index (χ1n) is 7.39. The number of halogens is 3. The summed E-state index contributed by atoms with van der Waals surface area (Å²) in [7, 11) is 1.81. The van der Waals surface area contributed by atoms with Crippen LogP contribution in [0.2, 0.25) is 5.02 Å². The van der Waals surface area contributed by atoms with Crippen molar-refractivity contribution in [3.05, 3.63) is 49.9 Å². The number of aliphatic carboxylic acids is 1. The van der Waals surface area contributed by atoms with E-state index in [0.29, 0.717) is 25.4 Å². The third kappa shape index (κ3) is 5.89. The van der Waals surface area contributed by atoms with Gasteiger partial charge < -0.3 is 20.5 Å². The Bertz CT molecular complexity index is 823. The van der Waals surface area contributed by atoms with E-state index in [1.54, 1.807) is 19.2 Å². The lowest BCUT2D eigenvalue weighted by molar-refractivity contribution is -0.139. The highest BCUT2D eigenvalue weighted by Crippen LogP contribution is 2.37. The van der Waals surface area contributed by atoms with Gasteiger partial charge >= 0.3 is 5.97 Å². The minimum Gasteiger partial charge on any atom is -0.487 e. The molecule has 0 heterocycles. The molecule has 0 aliphatic carbocycles. The molecule has 0 aliphatic heterocycles. The molecule has 0 fully saturated rings. The fourth-order valence-corrected chi connectivity index (χ4v) is 3.82. The molecule has 3 N–H and O–H groups in total. The number of anilines is 2. The maximum atomic E-state index is 11.6. The average molecular weight is 507 g/mol. The fraction of sp³-hybridized carbons (Fsp3) is 0.176. The smallest absolute Gasteiger partial charge is 0.312 e. The molecule has 0 radical (unpaired) electrons. The van der Waals surface area contributed by atoms with Crippen molar-refractivity contribution in [1.29, 1.82) is 0 Å². The minimum atomic E-state index is -1.19. The first-order valence-corrected chi connectivity index (χ1v) is 9.35. The van der Waals surface area contributed by atoms with E-state index in [-0.39, 0.29) is 6.61 Å². The zero-order valence-corrected chi connectivity index (χ0v) is 17.5. The monoisotopic (exact) mass is 504 g/mol. The van der Waals surface area contributed by atoms with Crippen LogP contribution in [0.5, 0.6) is 5.75 Å². The predicted octanol–water partition coefficient (Wildman–Crippen LogP) is 4.90. The summed E-state index contributed by atoms with van der Waals surface area (Å²) in [6.07, 6.45) is -0.601. The standard InChI is InChI=1S/C17H15Br2ClN2O4/c1-21-11-3-9(2-10(20)4-11)8-26-17-13(18)5-12(6-14(17)19)22-15(23)7-16(24)25/h2-6,21H,7-8H2,1H3,(H,22,23)(H,24,25). The molecule has 2 aromatic carbocycles. The average Bonchev–Trinajstić information content (AvgIpc) is 2.52. The number of carboxylic acids is 1. The number of hydrogen-bond donors (Lipinski definition) is 3. The highest BCUT2D eigenvalue weighted by molar-refractivity contribution is 9.11. The number of benzene rings is 2. The van der Waals surface area contributed by atoms with E-state index in [9.17, 15) is 9.59 Å². The lowest BCUT2D eigenvalue weighted by Crippen LogP contribution is -2.16. The fourth-order valence-electron chi connectivity index (χ4n) is 2.15. The van der Waals surface area contributed by atoms with E-state index in [0.717, 1.165) is 11.3 Å². The Morgan fingerprint density at radius 3 is 2.35 bits per heavy atom. The van der Waals surface area contributed by atoms with Gasteiger partial charge in [0.05, 0.1) is 8.95 Å². The van der Waals surface area contributed by atoms with Crippen molar-refractivity contribution in [1.82, 2.24) is 0 Å². The van der Waals surface area contributed by atoms with E-state index in [1.165, 1.54) is 0 Å². The number of hydrogen-bond acceptors (Lipinski definition) is 4. The lowest BCUT2D eigenvalue weighted by Gasteiger charge is -2.13. The van der Waals surface area contributed by atoms with Crippen molar-refractivity contribution in [2.24, 2.45) is 0 Å². The Morgan fingerprint density at radius 1 is 1.12 bits per heavy atom. The van der Waals surface area contributed by atoms with Crippen LogP contribution in [0.25, 0.3) is 0 Å². The zero-order valence-electron chi connectivity index (χ0n) is 13.6. The van der Waals surface area contributed by atoms with Gasteiger partial charge in [0.15, 0.2) is 0 Å². The van der Waals surface area contributed by atoms with Crippen LogP contribution in [0.3, 0.4) is 0 Å². The molecule has 26 heavy (non-hydrogen) atoms. The molecule has 2 rings (SSSR count). The van der Waals surface area contributed by atoms with Gasteiger partial charge in [0, 0.05) is 23.4 Å². The molecule has 0 saturated heterocycles. The molecule has 0 bridgehead atoms. The van der Waals surface area contributed by atoms with E-state index < -0.39 is 18.3 Å². The molecule has 0 saturated carbocycles. The van der Waals surface area contributed by atoms with Crippen LogP contribution in [-0.2, 0) is 16.2 Å². The van der Waals surface area contributed by atoms with Gasteiger partial charge in [0.2, 0.25) is 5.91 Å². The van der Waals surface area contributed by atoms with Crippen LogP contribution in [0.1, 0.15) is 12.0 Å². The summed E-state index contributed by atoms with van der Waals surface area (Å²) in [5, 5.41) is 14.8. The quantitative estimate of drug-likeness (QED) is 0.465. The largest absolute Gasteiger partial charge is 0.487 e. The van der Waals surface area contributed by atoms with Crippen LogP contribution < -0.4 is 15.4 Å². The maximum absolute atomic E-state index is 11.6. The second-order valence-corrected chi connectivity index (χ2v) is 7.42. The summed E-state index contributed by atoms with van der Waals surface area (Å²) < 4.78 is 7.06. The van der Waals surface area contributed by atoms with Crippen LogP contribution in [0.15, 0.2) is 39.3 Å². The van der Waals surface area contributed by atoms with Crippen molar-refractivity contribution in [3.63, 3.8) is 0 Å². The third-order valence-electron chi connectivity index (χ3n) is 3.22. The molecule has 138 valence electrons. The van der Waals surface area contributed by atoms with Crippen molar-refractivity contribution < 1.29 is 19.4 Å². The Morgan fingerprint density at radius 2 is 1.77 bits per heavy atom. The Hall–Kier alpha value is -1.77. The Labute approximate surface area is 172 Å². The van der Waals surface area contributed by atoms with E-state index >= 15 is 0 Å². The molecule has 0 atom stereocenters. The molecule has 0 aliphatic rings. The van der Waals surface area contributed by atoms with Gasteiger partial charge in [-0.3, -0.25) is 9.59 Å². The van der Waals surface area contributed by atoms with Crippen LogP contribution in [-0.4, -0.2) is 24.0 Å². The second-order valence-electron chi connectivity index (χ2n) is 5.27. The van der Waals surface area contributed by atoms with Crippen molar-refractivity contribution >= 4 is 66.7 Å². The van der Waals surface area contributed by atoms with Crippen molar-refractivity contribution in [2.75, 3.05) is 17.7 Å². The molecule has 0 unspecified atom stereocenters. The maximum Gasteiger partial charge on any atom is 0.312 e. The SMILES string of the molecule is CNc1cc(Cl)cc(COc2c(Br)cc(NC(=O)CC(=O)O)cc2Br)c1. The number of rotatable bonds is 7. The summed E-state index contributed by atoms with van der Waals surface area (Å²) in [5.74, 6) is -1.25. The van der Waals surface area contributed by atoms with Gasteiger partial charge in [-0.05, 0) is 67.8 Å². The lowest BCUT2D eigenvalue weighted by atomic mass is 10.2. The summed E-state index contributed by atoms with van der Waals surface area (Å²) in [6.45, 7) is 0.289. The van der Waals surface area contributed by atoms with Gasteiger partial charge in [-0.15, -0.1) is 0 Å². The molecule has 2 aromatic rings. The normalized spacial score (nSPS) is 10.3. The predicted molar refractivity (Wildman–Crippen MR) is 108 cm³/mol. The molecule has 1 amide bonds. The highest BCUT2D eigenvalue weighted by atomic mass is 79.9. The highest BCUT2D eigenvalue weighted by Gasteiger charge is 2.13. The summed E-state index contributed by atoms with van der Waals surface area (Å²) in [5.41, 5.74) is 2.22. The van der Waals surface area contributed by atoms with Crippen LogP contribution in [0, 0.1) is 0 Å². The molecule has 6 nitrogen and oxygen atoms in total. The number of carboxylic acid groups (broad SMARTS) is 1. The third-order valence-corrected chi connectivity index (χ3v) is 4.62.